The molecule has 21 heavy (non-hydrogen) atoms. The molecule has 0 N–H and O–H groups in total. The largest absolute Gasteiger partial charge is 0.496 e. The second-order valence-corrected chi connectivity index (χ2v) is 6.50. The Balaban J connectivity index is 1.85. The van der Waals surface area contributed by atoms with Gasteiger partial charge in [0.15, 0.2) is 6.10 Å². The zero-order valence-corrected chi connectivity index (χ0v) is 12.4. The highest BCUT2D eigenvalue weighted by atomic mass is 32.2. The minimum absolute atomic E-state index is 0.0929. The van der Waals surface area contributed by atoms with Crippen molar-refractivity contribution >= 4 is 15.8 Å². The molecular weight excluding hydrogens is 298 g/mol. The van der Waals surface area contributed by atoms with Gasteiger partial charge in [-0.1, -0.05) is 11.2 Å². The maximum absolute atomic E-state index is 11.1. The molecule has 0 radical (unpaired) electrons. The molecule has 7 nitrogen and oxygen atoms in total. The summed E-state index contributed by atoms with van der Waals surface area (Å²) in [5, 5.41) is 4.07. The van der Waals surface area contributed by atoms with E-state index in [-0.39, 0.29) is 12.5 Å². The lowest BCUT2D eigenvalue weighted by molar-refractivity contribution is 0.0175. The molecule has 0 saturated heterocycles. The zero-order valence-electron chi connectivity index (χ0n) is 11.6. The summed E-state index contributed by atoms with van der Waals surface area (Å²) >= 11 is 0. The molecule has 0 aromatic heterocycles. The van der Waals surface area contributed by atoms with E-state index in [2.05, 4.69) is 5.16 Å². The summed E-state index contributed by atoms with van der Waals surface area (Å²) in [7, 11) is -1.95. The lowest BCUT2D eigenvalue weighted by atomic mass is 9.90. The van der Waals surface area contributed by atoms with Gasteiger partial charge in [0, 0.05) is 0 Å². The summed E-state index contributed by atoms with van der Waals surface area (Å²) in [5.74, 6) is 1.14. The third-order valence-electron chi connectivity index (χ3n) is 3.42. The summed E-state index contributed by atoms with van der Waals surface area (Å²) in [6.07, 6.45) is 0.507. The first-order chi connectivity index (χ1) is 9.99. The quantitative estimate of drug-likeness (QED) is 0.764. The van der Waals surface area contributed by atoms with Gasteiger partial charge < -0.3 is 14.3 Å². The van der Waals surface area contributed by atoms with E-state index >= 15 is 0 Å². The highest BCUT2D eigenvalue weighted by molar-refractivity contribution is 7.85. The van der Waals surface area contributed by atoms with E-state index in [0.29, 0.717) is 23.8 Å². The van der Waals surface area contributed by atoms with Crippen LogP contribution in [-0.4, -0.2) is 46.8 Å². The normalized spacial score (nSPS) is 23.4. The van der Waals surface area contributed by atoms with Crippen LogP contribution >= 0.6 is 0 Å². The molecule has 2 unspecified atom stereocenters. The van der Waals surface area contributed by atoms with Crippen molar-refractivity contribution in [3.8, 4) is 11.5 Å². The zero-order chi connectivity index (χ0) is 15.0. The van der Waals surface area contributed by atoms with Crippen LogP contribution in [0.4, 0.5) is 0 Å². The number of hydrogen-bond acceptors (Lipinski definition) is 7. The Hall–Kier alpha value is -1.80. The molecule has 114 valence electrons. The van der Waals surface area contributed by atoms with E-state index in [4.69, 9.17) is 18.5 Å². The molecular formula is C13H15NO6S. The van der Waals surface area contributed by atoms with E-state index < -0.39 is 16.2 Å². The molecule has 0 spiro atoms. The number of nitrogens with zero attached hydrogens (tertiary/aromatic N) is 1. The van der Waals surface area contributed by atoms with Crippen LogP contribution in [-0.2, 0) is 19.1 Å². The van der Waals surface area contributed by atoms with E-state index in [1.165, 1.54) is 0 Å². The maximum Gasteiger partial charge on any atom is 0.264 e. The van der Waals surface area contributed by atoms with Gasteiger partial charge in [-0.3, -0.25) is 4.18 Å². The summed E-state index contributed by atoms with van der Waals surface area (Å²) < 4.78 is 38.0. The minimum Gasteiger partial charge on any atom is -0.496 e. The van der Waals surface area contributed by atoms with Crippen LogP contribution in [0.3, 0.4) is 0 Å². The number of oxime groups is 1. The van der Waals surface area contributed by atoms with E-state index in [1.54, 1.807) is 7.11 Å². The van der Waals surface area contributed by atoms with E-state index in [0.717, 1.165) is 11.8 Å². The van der Waals surface area contributed by atoms with Crippen molar-refractivity contribution in [2.75, 3.05) is 26.6 Å². The van der Waals surface area contributed by atoms with E-state index in [1.807, 2.05) is 18.2 Å². The third-order valence-corrected chi connectivity index (χ3v) is 3.98. The lowest BCUT2D eigenvalue weighted by Gasteiger charge is -2.25. The standard InChI is InChI=1S/C13H15NO6S/c1-17-9-4-3-5-10-12(9)13-8(6-18-10)11(20-14-13)7-19-21(2,15)16/h3-5,8,11H,6-7H2,1-2H3. The molecule has 0 aliphatic carbocycles. The van der Waals surface area contributed by atoms with Gasteiger partial charge in [-0.15, -0.1) is 0 Å². The van der Waals surface area contributed by atoms with Crippen molar-refractivity contribution < 1.29 is 26.9 Å². The average molecular weight is 313 g/mol. The lowest BCUT2D eigenvalue weighted by Crippen LogP contribution is -2.36. The van der Waals surface area contributed by atoms with E-state index in [9.17, 15) is 8.42 Å². The fourth-order valence-corrected chi connectivity index (χ4v) is 2.81. The van der Waals surface area contributed by atoms with Crippen LogP contribution in [0.2, 0.25) is 0 Å². The van der Waals surface area contributed by atoms with Crippen molar-refractivity contribution in [3.63, 3.8) is 0 Å². The Morgan fingerprint density at radius 1 is 1.43 bits per heavy atom. The molecule has 8 heteroatoms. The topological polar surface area (TPSA) is 83.4 Å². The fourth-order valence-electron chi connectivity index (χ4n) is 2.43. The number of benzene rings is 1. The first-order valence-electron chi connectivity index (χ1n) is 6.38. The minimum atomic E-state index is -3.52. The Bertz CT molecular complexity index is 670. The second-order valence-electron chi connectivity index (χ2n) is 4.86. The van der Waals surface area contributed by atoms with Gasteiger partial charge in [0.05, 0.1) is 24.8 Å². The van der Waals surface area contributed by atoms with Gasteiger partial charge in [-0.05, 0) is 12.1 Å². The Morgan fingerprint density at radius 2 is 2.24 bits per heavy atom. The van der Waals surface area contributed by atoms with Crippen LogP contribution in [0, 0.1) is 5.92 Å². The van der Waals surface area contributed by atoms with Gasteiger partial charge >= 0.3 is 0 Å². The highest BCUT2D eigenvalue weighted by Gasteiger charge is 2.41. The van der Waals surface area contributed by atoms with Crippen molar-refractivity contribution in [1.29, 1.82) is 0 Å². The molecule has 3 rings (SSSR count). The SMILES string of the molecule is COc1cccc2c1C1=NOC(COS(C)(=O)=O)C1CO2. The fraction of sp³-hybridized carbons (Fsp3) is 0.462. The molecule has 2 atom stereocenters. The smallest absolute Gasteiger partial charge is 0.264 e. The van der Waals surface area contributed by atoms with Crippen LogP contribution < -0.4 is 9.47 Å². The van der Waals surface area contributed by atoms with Crippen LogP contribution in [0.1, 0.15) is 5.56 Å². The molecule has 1 aromatic rings. The summed E-state index contributed by atoms with van der Waals surface area (Å²) in [4.78, 5) is 5.31. The average Bonchev–Trinajstić information content (AvgIpc) is 2.86. The van der Waals surface area contributed by atoms with Gasteiger partial charge in [-0.2, -0.15) is 8.42 Å². The number of rotatable bonds is 4. The van der Waals surface area contributed by atoms with Crippen molar-refractivity contribution in [3.05, 3.63) is 23.8 Å². The maximum atomic E-state index is 11.1. The van der Waals surface area contributed by atoms with Gasteiger partial charge in [0.1, 0.15) is 30.4 Å². The number of fused-ring (bicyclic) bond motifs is 3. The van der Waals surface area contributed by atoms with Crippen LogP contribution in [0.15, 0.2) is 23.4 Å². The van der Waals surface area contributed by atoms with Crippen LogP contribution in [0.25, 0.3) is 0 Å². The number of methoxy groups -OCH3 is 1. The summed E-state index contributed by atoms with van der Waals surface area (Å²) in [5.41, 5.74) is 1.45. The molecule has 2 heterocycles. The number of hydrogen-bond donors (Lipinski definition) is 0. The first kappa shape index (κ1) is 14.2. The van der Waals surface area contributed by atoms with Gasteiger partial charge in [0.25, 0.3) is 10.1 Å². The molecule has 0 saturated carbocycles. The molecule has 0 amide bonds. The first-order valence-corrected chi connectivity index (χ1v) is 8.19. The predicted molar refractivity (Wildman–Crippen MR) is 74.2 cm³/mol. The third kappa shape index (κ3) is 2.68. The predicted octanol–water partition coefficient (Wildman–Crippen LogP) is 0.783. The Morgan fingerprint density at radius 3 is 2.95 bits per heavy atom. The molecule has 0 fully saturated rings. The highest BCUT2D eigenvalue weighted by Crippen LogP contribution is 2.38. The van der Waals surface area contributed by atoms with Crippen molar-refractivity contribution in [1.82, 2.24) is 0 Å². The molecule has 1 aromatic carbocycles. The summed E-state index contributed by atoms with van der Waals surface area (Å²) in [6, 6.07) is 5.48. The number of ether oxygens (including phenoxy) is 2. The van der Waals surface area contributed by atoms with Gasteiger partial charge in [0.2, 0.25) is 0 Å². The van der Waals surface area contributed by atoms with Crippen molar-refractivity contribution in [2.24, 2.45) is 11.1 Å². The molecule has 2 aliphatic rings. The van der Waals surface area contributed by atoms with Crippen molar-refractivity contribution in [2.45, 2.75) is 6.10 Å². The Kier molecular flexibility index (Phi) is 3.50. The van der Waals surface area contributed by atoms with Gasteiger partial charge in [-0.25, -0.2) is 0 Å². The Labute approximate surface area is 122 Å². The second kappa shape index (κ2) is 5.19. The van der Waals surface area contributed by atoms with Crippen LogP contribution in [0.5, 0.6) is 11.5 Å². The molecule has 0 bridgehead atoms. The summed E-state index contributed by atoms with van der Waals surface area (Å²) in [6.45, 7) is 0.265. The molecule has 2 aliphatic heterocycles. The monoisotopic (exact) mass is 313 g/mol.